The van der Waals surface area contributed by atoms with Crippen molar-refractivity contribution in [3.63, 3.8) is 0 Å². The number of aromatic nitrogens is 2. The number of fused-ring (bicyclic) bond motifs is 4. The minimum absolute atomic E-state index is 0.0152. The molecule has 0 spiro atoms. The van der Waals surface area contributed by atoms with Crippen molar-refractivity contribution in [3.8, 4) is 17.9 Å². The number of benzene rings is 4. The maximum Gasteiger partial charge on any atom is 0.137 e. The molecule has 0 bridgehead atoms. The first-order valence-electron chi connectivity index (χ1n) is 10.3. The second kappa shape index (κ2) is 8.26. The Labute approximate surface area is 189 Å². The van der Waals surface area contributed by atoms with Crippen LogP contribution >= 0.6 is 0 Å². The Morgan fingerprint density at radius 3 is 1.97 bits per heavy atom. The van der Waals surface area contributed by atoms with E-state index < -0.39 is 0 Å². The summed E-state index contributed by atoms with van der Waals surface area (Å²) in [6.07, 6.45) is 3.38. The smallest absolute Gasteiger partial charge is 0.137 e. The van der Waals surface area contributed by atoms with Gasteiger partial charge in [-0.1, -0.05) is 72.8 Å². The van der Waals surface area contributed by atoms with Crippen LogP contribution in [0.15, 0.2) is 90.5 Å². The van der Waals surface area contributed by atoms with Crippen molar-refractivity contribution < 1.29 is 5.11 Å². The second-order valence-electron chi connectivity index (χ2n) is 7.43. The highest BCUT2D eigenvalue weighted by molar-refractivity contribution is 6.12. The predicted octanol–water partition coefficient (Wildman–Crippen LogP) is 6.16. The molecule has 0 atom stereocenters. The van der Waals surface area contributed by atoms with Gasteiger partial charge in [-0.15, -0.1) is 0 Å². The number of rotatable bonds is 3. The van der Waals surface area contributed by atoms with E-state index in [9.17, 15) is 15.6 Å². The van der Waals surface area contributed by atoms with Gasteiger partial charge >= 0.3 is 0 Å². The van der Waals surface area contributed by atoms with Gasteiger partial charge in [0.1, 0.15) is 29.0 Å². The van der Waals surface area contributed by atoms with E-state index >= 15 is 0 Å². The van der Waals surface area contributed by atoms with Gasteiger partial charge in [0.25, 0.3) is 0 Å². The summed E-state index contributed by atoms with van der Waals surface area (Å²) in [5, 5.41) is 31.7. The van der Waals surface area contributed by atoms with Crippen LogP contribution in [-0.4, -0.2) is 15.1 Å². The lowest BCUT2D eigenvalue weighted by atomic mass is 9.97. The normalized spacial score (nSPS) is 11.0. The van der Waals surface area contributed by atoms with Crippen LogP contribution in [0.5, 0.6) is 5.75 Å². The second-order valence-corrected chi connectivity index (χ2v) is 7.43. The summed E-state index contributed by atoms with van der Waals surface area (Å²) in [5.41, 5.74) is 4.35. The molecule has 1 heterocycles. The molecule has 1 aromatic heterocycles. The van der Waals surface area contributed by atoms with Crippen molar-refractivity contribution in [2.75, 3.05) is 0 Å². The van der Waals surface area contributed by atoms with E-state index in [1.54, 1.807) is 12.2 Å². The SMILES string of the molecule is N#CC(C#N)=C(/C=C/c1c(O)c2ccccc2c2nc3ccccc3nc12)c1ccccc1. The Hall–Kier alpha value is -5.00. The number of nitrogens with zero attached hydrogens (tertiary/aromatic N) is 4. The Morgan fingerprint density at radius 2 is 1.30 bits per heavy atom. The molecule has 0 fully saturated rings. The molecule has 0 saturated carbocycles. The van der Waals surface area contributed by atoms with Gasteiger partial charge in [0, 0.05) is 21.9 Å². The molecule has 0 radical (unpaired) electrons. The van der Waals surface area contributed by atoms with E-state index in [4.69, 9.17) is 9.97 Å². The fourth-order valence-corrected chi connectivity index (χ4v) is 3.94. The molecule has 5 rings (SSSR count). The van der Waals surface area contributed by atoms with Crippen LogP contribution in [0, 0.1) is 22.7 Å². The summed E-state index contributed by atoms with van der Waals surface area (Å²) in [6, 6.07) is 28.2. The zero-order chi connectivity index (χ0) is 22.8. The largest absolute Gasteiger partial charge is 0.507 e. The van der Waals surface area contributed by atoms with E-state index in [2.05, 4.69) is 0 Å². The van der Waals surface area contributed by atoms with E-state index in [-0.39, 0.29) is 11.3 Å². The van der Waals surface area contributed by atoms with Gasteiger partial charge in [0.2, 0.25) is 0 Å². The van der Waals surface area contributed by atoms with Crippen LogP contribution < -0.4 is 0 Å². The molecule has 154 valence electrons. The van der Waals surface area contributed by atoms with E-state index in [1.807, 2.05) is 91.0 Å². The fraction of sp³-hybridized carbons (Fsp3) is 0. The third-order valence-corrected chi connectivity index (χ3v) is 5.51. The molecule has 33 heavy (non-hydrogen) atoms. The summed E-state index contributed by atoms with van der Waals surface area (Å²) in [4.78, 5) is 9.64. The van der Waals surface area contributed by atoms with Gasteiger partial charge < -0.3 is 5.11 Å². The van der Waals surface area contributed by atoms with Gasteiger partial charge in [0.05, 0.1) is 16.6 Å². The first-order chi connectivity index (χ1) is 16.2. The average molecular weight is 424 g/mol. The molecule has 0 amide bonds. The van der Waals surface area contributed by atoms with Crippen molar-refractivity contribution in [2.24, 2.45) is 0 Å². The average Bonchev–Trinajstić information content (AvgIpc) is 2.87. The van der Waals surface area contributed by atoms with Crippen LogP contribution in [0.4, 0.5) is 0 Å². The summed E-state index contributed by atoms with van der Waals surface area (Å²) in [6.45, 7) is 0. The number of hydrogen-bond acceptors (Lipinski definition) is 5. The van der Waals surface area contributed by atoms with E-state index in [0.717, 1.165) is 16.5 Å². The summed E-state index contributed by atoms with van der Waals surface area (Å²) in [7, 11) is 0. The Kier molecular flexibility index (Phi) is 4.99. The lowest BCUT2D eigenvalue weighted by Crippen LogP contribution is -1.93. The molecule has 1 N–H and O–H groups in total. The molecule has 0 aliphatic carbocycles. The number of allylic oxidation sites excluding steroid dienone is 3. The van der Waals surface area contributed by atoms with Gasteiger partial charge in [0.15, 0.2) is 0 Å². The Morgan fingerprint density at radius 1 is 0.727 bits per heavy atom. The van der Waals surface area contributed by atoms with Crippen molar-refractivity contribution in [2.45, 2.75) is 0 Å². The summed E-state index contributed by atoms with van der Waals surface area (Å²) < 4.78 is 0. The molecule has 0 unspecified atom stereocenters. The Balaban J connectivity index is 1.83. The number of phenolic OH excluding ortho intramolecular Hbond substituents is 1. The molecule has 5 aromatic rings. The monoisotopic (exact) mass is 424 g/mol. The van der Waals surface area contributed by atoms with Crippen molar-refractivity contribution >= 4 is 44.5 Å². The number of para-hydroxylation sites is 2. The fourth-order valence-electron chi connectivity index (χ4n) is 3.94. The van der Waals surface area contributed by atoms with Crippen LogP contribution in [-0.2, 0) is 0 Å². The quantitative estimate of drug-likeness (QED) is 0.162. The molecule has 5 heteroatoms. The lowest BCUT2D eigenvalue weighted by Gasteiger charge is -2.11. The standard InChI is InChI=1S/C28H16N4O/c29-16-19(17-30)20(18-8-2-1-3-9-18)14-15-23-27-26(21-10-4-5-11-22(21)28(23)33)31-24-12-6-7-13-25(24)32-27/h1-15,33H/b15-14+. The highest BCUT2D eigenvalue weighted by Crippen LogP contribution is 2.37. The molecular weight excluding hydrogens is 408 g/mol. The minimum atomic E-state index is -0.0152. The summed E-state index contributed by atoms with van der Waals surface area (Å²) >= 11 is 0. The zero-order valence-electron chi connectivity index (χ0n) is 17.4. The van der Waals surface area contributed by atoms with Gasteiger partial charge in [-0.3, -0.25) is 0 Å². The third-order valence-electron chi connectivity index (χ3n) is 5.51. The minimum Gasteiger partial charge on any atom is -0.507 e. The van der Waals surface area contributed by atoms with Crippen LogP contribution in [0.2, 0.25) is 0 Å². The number of phenols is 1. The van der Waals surface area contributed by atoms with Crippen LogP contribution in [0.3, 0.4) is 0 Å². The first-order valence-corrected chi connectivity index (χ1v) is 10.3. The third kappa shape index (κ3) is 3.44. The van der Waals surface area contributed by atoms with Crippen molar-refractivity contribution in [1.29, 1.82) is 10.5 Å². The highest BCUT2D eigenvalue weighted by Gasteiger charge is 2.16. The topological polar surface area (TPSA) is 93.6 Å². The zero-order valence-corrected chi connectivity index (χ0v) is 17.4. The number of nitriles is 2. The highest BCUT2D eigenvalue weighted by atomic mass is 16.3. The maximum atomic E-state index is 11.2. The molecule has 0 aliphatic heterocycles. The maximum absolute atomic E-state index is 11.2. The van der Waals surface area contributed by atoms with Gasteiger partial charge in [-0.2, -0.15) is 10.5 Å². The van der Waals surface area contributed by atoms with Crippen molar-refractivity contribution in [1.82, 2.24) is 9.97 Å². The molecule has 4 aromatic carbocycles. The van der Waals surface area contributed by atoms with E-state index in [0.29, 0.717) is 33.1 Å². The Bertz CT molecular complexity index is 1670. The van der Waals surface area contributed by atoms with E-state index in [1.165, 1.54) is 0 Å². The molecule has 0 aliphatic rings. The van der Waals surface area contributed by atoms with Crippen LogP contribution in [0.1, 0.15) is 11.1 Å². The molecule has 0 saturated heterocycles. The number of hydrogen-bond donors (Lipinski definition) is 1. The van der Waals surface area contributed by atoms with Gasteiger partial charge in [-0.05, 0) is 23.8 Å². The first kappa shape index (κ1) is 19.9. The lowest BCUT2D eigenvalue weighted by molar-refractivity contribution is 0.481. The molecular formula is C28H16N4O. The summed E-state index contributed by atoms with van der Waals surface area (Å²) in [5.74, 6) is 0.0711. The predicted molar refractivity (Wildman–Crippen MR) is 130 cm³/mol. The van der Waals surface area contributed by atoms with Crippen LogP contribution in [0.25, 0.3) is 44.5 Å². The van der Waals surface area contributed by atoms with Crippen molar-refractivity contribution in [3.05, 3.63) is 102 Å². The number of aromatic hydroxyl groups is 1. The molecule has 5 nitrogen and oxygen atoms in total. The van der Waals surface area contributed by atoms with Gasteiger partial charge in [-0.25, -0.2) is 9.97 Å².